The summed E-state index contributed by atoms with van der Waals surface area (Å²) in [5.74, 6) is 0. The van der Waals surface area contributed by atoms with Crippen molar-refractivity contribution < 1.29 is 0 Å². The number of imidazole rings is 1. The van der Waals surface area contributed by atoms with Crippen LogP contribution in [0.15, 0.2) is 29.0 Å². The van der Waals surface area contributed by atoms with Crippen LogP contribution in [-0.4, -0.2) is 16.1 Å². The fourth-order valence-corrected chi connectivity index (χ4v) is 3.20. The highest BCUT2D eigenvalue weighted by Gasteiger charge is 2.17. The summed E-state index contributed by atoms with van der Waals surface area (Å²) >= 11 is 3.59. The van der Waals surface area contributed by atoms with Gasteiger partial charge in [-0.15, -0.1) is 0 Å². The van der Waals surface area contributed by atoms with Gasteiger partial charge in [0.2, 0.25) is 0 Å². The summed E-state index contributed by atoms with van der Waals surface area (Å²) in [6.07, 6.45) is 6.80. The second-order valence-corrected chi connectivity index (χ2v) is 6.18. The van der Waals surface area contributed by atoms with E-state index in [1.54, 1.807) is 0 Å². The molecule has 20 heavy (non-hydrogen) atoms. The van der Waals surface area contributed by atoms with E-state index >= 15 is 0 Å². The van der Waals surface area contributed by atoms with Crippen molar-refractivity contribution in [2.45, 2.75) is 39.2 Å². The van der Waals surface area contributed by atoms with E-state index in [0.717, 1.165) is 30.4 Å². The van der Waals surface area contributed by atoms with Crippen LogP contribution in [-0.2, 0) is 19.4 Å². The molecule has 0 fully saturated rings. The molecular formula is C16H20BrN3. The fraction of sp³-hybridized carbons (Fsp3) is 0.438. The summed E-state index contributed by atoms with van der Waals surface area (Å²) in [5, 5.41) is 3.42. The number of hydrogen-bond donors (Lipinski definition) is 1. The Kier molecular flexibility index (Phi) is 4.22. The zero-order valence-electron chi connectivity index (χ0n) is 11.8. The van der Waals surface area contributed by atoms with Gasteiger partial charge in [0.15, 0.2) is 0 Å². The van der Waals surface area contributed by atoms with Gasteiger partial charge < -0.3 is 9.88 Å². The first-order valence-electron chi connectivity index (χ1n) is 7.34. The normalized spacial score (nSPS) is 14.3. The molecule has 1 aromatic carbocycles. The van der Waals surface area contributed by atoms with Gasteiger partial charge in [0, 0.05) is 16.7 Å². The first kappa shape index (κ1) is 13.8. The summed E-state index contributed by atoms with van der Waals surface area (Å²) in [4.78, 5) is 4.61. The quantitative estimate of drug-likeness (QED) is 0.925. The van der Waals surface area contributed by atoms with Crippen molar-refractivity contribution in [1.29, 1.82) is 0 Å². The van der Waals surface area contributed by atoms with Crippen molar-refractivity contribution in [3.63, 3.8) is 0 Å². The number of rotatable bonds is 4. The van der Waals surface area contributed by atoms with Crippen molar-refractivity contribution in [2.24, 2.45) is 0 Å². The lowest BCUT2D eigenvalue weighted by atomic mass is 10.0. The molecular weight excluding hydrogens is 314 g/mol. The molecule has 0 saturated carbocycles. The average molecular weight is 334 g/mol. The molecule has 2 aromatic rings. The molecule has 1 heterocycles. The molecule has 1 aromatic heterocycles. The van der Waals surface area contributed by atoms with Gasteiger partial charge >= 0.3 is 0 Å². The van der Waals surface area contributed by atoms with Gasteiger partial charge in [-0.1, -0.05) is 28.9 Å². The van der Waals surface area contributed by atoms with Gasteiger partial charge in [0.25, 0.3) is 0 Å². The lowest BCUT2D eigenvalue weighted by Crippen LogP contribution is -2.15. The molecule has 0 unspecified atom stereocenters. The topological polar surface area (TPSA) is 29.9 Å². The molecule has 0 aliphatic heterocycles. The molecule has 1 N–H and O–H groups in total. The molecule has 0 radical (unpaired) electrons. The predicted octanol–water partition coefficient (Wildman–Crippen LogP) is 3.62. The molecule has 1 aliphatic carbocycles. The van der Waals surface area contributed by atoms with Crippen LogP contribution in [0, 0.1) is 0 Å². The molecule has 0 amide bonds. The highest BCUT2D eigenvalue weighted by Crippen LogP contribution is 2.27. The minimum atomic E-state index is 0.895. The van der Waals surface area contributed by atoms with Crippen LogP contribution in [0.25, 0.3) is 5.69 Å². The van der Waals surface area contributed by atoms with E-state index in [-0.39, 0.29) is 0 Å². The van der Waals surface area contributed by atoms with Crippen molar-refractivity contribution in [1.82, 2.24) is 14.9 Å². The maximum absolute atomic E-state index is 4.61. The second kappa shape index (κ2) is 6.10. The molecule has 1 aliphatic rings. The highest BCUT2D eigenvalue weighted by atomic mass is 79.9. The van der Waals surface area contributed by atoms with Crippen LogP contribution in [0.2, 0.25) is 0 Å². The Hall–Kier alpha value is -1.13. The van der Waals surface area contributed by atoms with Crippen LogP contribution in [0.1, 0.15) is 36.7 Å². The fourth-order valence-electron chi connectivity index (χ4n) is 2.85. The standard InChI is InChI=1S/C16H20BrN3/c1-2-18-10-12-7-8-13(17)9-16(12)20-11-19-14-5-3-4-6-15(14)20/h7-9,11,18H,2-6,10H2,1H3. The first-order valence-corrected chi connectivity index (χ1v) is 8.13. The SMILES string of the molecule is CCNCc1ccc(Br)cc1-n1cnc2c1CCCC2. The predicted molar refractivity (Wildman–Crippen MR) is 85.3 cm³/mol. The molecule has 3 rings (SSSR count). The Morgan fingerprint density at radius 2 is 2.15 bits per heavy atom. The zero-order chi connectivity index (χ0) is 13.9. The molecule has 0 bridgehead atoms. The maximum atomic E-state index is 4.61. The Morgan fingerprint density at radius 1 is 1.30 bits per heavy atom. The van der Waals surface area contributed by atoms with E-state index in [2.05, 4.69) is 55.9 Å². The summed E-state index contributed by atoms with van der Waals surface area (Å²) < 4.78 is 3.40. The number of aromatic nitrogens is 2. The number of halogens is 1. The third kappa shape index (κ3) is 2.67. The largest absolute Gasteiger partial charge is 0.313 e. The van der Waals surface area contributed by atoms with Crippen molar-refractivity contribution in [2.75, 3.05) is 6.54 Å². The molecule has 106 valence electrons. The summed E-state index contributed by atoms with van der Waals surface area (Å²) in [6, 6.07) is 6.50. The minimum absolute atomic E-state index is 0.895. The number of aryl methyl sites for hydroxylation is 1. The van der Waals surface area contributed by atoms with Gasteiger partial charge in [0.1, 0.15) is 0 Å². The van der Waals surface area contributed by atoms with Crippen LogP contribution < -0.4 is 5.32 Å². The third-order valence-electron chi connectivity index (χ3n) is 3.90. The summed E-state index contributed by atoms with van der Waals surface area (Å²) in [5.41, 5.74) is 5.24. The lowest BCUT2D eigenvalue weighted by molar-refractivity contribution is 0.653. The Morgan fingerprint density at radius 3 is 3.00 bits per heavy atom. The van der Waals surface area contributed by atoms with Gasteiger partial charge in [-0.2, -0.15) is 0 Å². The van der Waals surface area contributed by atoms with Crippen molar-refractivity contribution >= 4 is 15.9 Å². The zero-order valence-corrected chi connectivity index (χ0v) is 13.4. The molecule has 0 saturated heterocycles. The van der Waals surface area contributed by atoms with Gasteiger partial charge in [-0.3, -0.25) is 0 Å². The minimum Gasteiger partial charge on any atom is -0.313 e. The Labute approximate surface area is 128 Å². The molecule has 0 atom stereocenters. The number of hydrogen-bond acceptors (Lipinski definition) is 2. The number of nitrogens with one attached hydrogen (secondary N) is 1. The van der Waals surface area contributed by atoms with Gasteiger partial charge in [-0.25, -0.2) is 4.98 Å². The molecule has 4 heteroatoms. The van der Waals surface area contributed by atoms with E-state index in [1.807, 2.05) is 6.33 Å². The second-order valence-electron chi connectivity index (χ2n) is 5.27. The highest BCUT2D eigenvalue weighted by molar-refractivity contribution is 9.10. The van der Waals surface area contributed by atoms with Crippen LogP contribution in [0.3, 0.4) is 0 Å². The van der Waals surface area contributed by atoms with E-state index in [0.29, 0.717) is 0 Å². The molecule has 3 nitrogen and oxygen atoms in total. The number of benzene rings is 1. The first-order chi connectivity index (χ1) is 9.79. The monoisotopic (exact) mass is 333 g/mol. The van der Waals surface area contributed by atoms with Crippen molar-refractivity contribution in [3.05, 3.63) is 46.0 Å². The Bertz CT molecular complexity index is 604. The van der Waals surface area contributed by atoms with E-state index in [9.17, 15) is 0 Å². The lowest BCUT2D eigenvalue weighted by Gasteiger charge is -2.17. The smallest absolute Gasteiger partial charge is 0.0997 e. The number of fused-ring (bicyclic) bond motifs is 1. The average Bonchev–Trinajstić information content (AvgIpc) is 2.90. The van der Waals surface area contributed by atoms with Gasteiger partial charge in [-0.05, 0) is 49.9 Å². The third-order valence-corrected chi connectivity index (χ3v) is 4.40. The van der Waals surface area contributed by atoms with Crippen LogP contribution >= 0.6 is 15.9 Å². The van der Waals surface area contributed by atoms with Crippen molar-refractivity contribution in [3.8, 4) is 5.69 Å². The summed E-state index contributed by atoms with van der Waals surface area (Å²) in [6.45, 7) is 4.02. The van der Waals surface area contributed by atoms with E-state index in [4.69, 9.17) is 0 Å². The van der Waals surface area contributed by atoms with Crippen LogP contribution in [0.4, 0.5) is 0 Å². The number of nitrogens with zero attached hydrogens (tertiary/aromatic N) is 2. The summed E-state index contributed by atoms with van der Waals surface area (Å²) in [7, 11) is 0. The maximum Gasteiger partial charge on any atom is 0.0997 e. The van der Waals surface area contributed by atoms with E-state index < -0.39 is 0 Å². The van der Waals surface area contributed by atoms with Crippen LogP contribution in [0.5, 0.6) is 0 Å². The molecule has 0 spiro atoms. The van der Waals surface area contributed by atoms with E-state index in [1.165, 1.54) is 35.5 Å². The Balaban J connectivity index is 2.04. The van der Waals surface area contributed by atoms with Gasteiger partial charge in [0.05, 0.1) is 17.7 Å².